The average molecular weight is 203 g/mol. The molecule has 0 fully saturated rings. The molecule has 0 aromatic heterocycles. The zero-order valence-electron chi connectivity index (χ0n) is 8.10. The Kier molecular flexibility index (Phi) is 2.25. The molecule has 4 heteroatoms. The van der Waals surface area contributed by atoms with Gasteiger partial charge in [0.15, 0.2) is 0 Å². The Morgan fingerprint density at radius 1 is 1.47 bits per heavy atom. The number of hydrogen-bond donors (Lipinski definition) is 1. The Hall–Kier alpha value is -2.10. The molecule has 0 bridgehead atoms. The molecule has 1 aliphatic heterocycles. The first-order chi connectivity index (χ1) is 7.16. The summed E-state index contributed by atoms with van der Waals surface area (Å²) >= 11 is 0. The van der Waals surface area contributed by atoms with Crippen LogP contribution in [0.4, 0.5) is 0 Å². The summed E-state index contributed by atoms with van der Waals surface area (Å²) in [5, 5.41) is 12.8. The van der Waals surface area contributed by atoms with Crippen molar-refractivity contribution in [1.82, 2.24) is 0 Å². The van der Waals surface area contributed by atoms with Crippen molar-refractivity contribution >= 4 is 17.8 Å². The van der Waals surface area contributed by atoms with Gasteiger partial charge in [-0.1, -0.05) is 17.3 Å². The average Bonchev–Trinajstić information content (AvgIpc) is 2.50. The van der Waals surface area contributed by atoms with E-state index in [1.807, 2.05) is 0 Å². The van der Waals surface area contributed by atoms with Gasteiger partial charge >= 0.3 is 5.97 Å². The Morgan fingerprint density at radius 2 is 2.27 bits per heavy atom. The lowest BCUT2D eigenvalue weighted by Gasteiger charge is -1.96. The van der Waals surface area contributed by atoms with Crippen molar-refractivity contribution in [3.05, 3.63) is 35.4 Å². The van der Waals surface area contributed by atoms with Crippen LogP contribution in [0.25, 0.3) is 6.08 Å². The van der Waals surface area contributed by atoms with Crippen LogP contribution in [0.3, 0.4) is 0 Å². The quantitative estimate of drug-likeness (QED) is 0.558. The van der Waals surface area contributed by atoms with Gasteiger partial charge in [0, 0.05) is 0 Å². The Morgan fingerprint density at radius 3 is 2.87 bits per heavy atom. The smallest absolute Gasteiger partial charge is 0.367 e. The van der Waals surface area contributed by atoms with Gasteiger partial charge in [-0.05, 0) is 30.7 Å². The van der Waals surface area contributed by atoms with Gasteiger partial charge in [-0.25, -0.2) is 4.79 Å². The summed E-state index contributed by atoms with van der Waals surface area (Å²) in [6.07, 6.45) is 1.63. The third-order valence-electron chi connectivity index (χ3n) is 2.06. The molecule has 0 atom stereocenters. The summed E-state index contributed by atoms with van der Waals surface area (Å²) in [6, 6.07) is 6.61. The highest BCUT2D eigenvalue weighted by atomic mass is 16.7. The first kappa shape index (κ1) is 9.45. The SMILES string of the molecule is CC1=NOC(=O)C1=Cc1cccc(O)c1. The second kappa shape index (κ2) is 3.57. The van der Waals surface area contributed by atoms with E-state index in [4.69, 9.17) is 0 Å². The zero-order valence-corrected chi connectivity index (χ0v) is 8.10. The van der Waals surface area contributed by atoms with Gasteiger partial charge in [0.25, 0.3) is 0 Å². The second-order valence-electron chi connectivity index (χ2n) is 3.21. The molecule has 0 aliphatic carbocycles. The molecule has 0 amide bonds. The van der Waals surface area contributed by atoms with Crippen molar-refractivity contribution in [3.8, 4) is 5.75 Å². The van der Waals surface area contributed by atoms with Crippen LogP contribution in [0.5, 0.6) is 5.75 Å². The van der Waals surface area contributed by atoms with Gasteiger partial charge in [0.1, 0.15) is 5.75 Å². The lowest BCUT2D eigenvalue weighted by Crippen LogP contribution is -2.01. The third-order valence-corrected chi connectivity index (χ3v) is 2.06. The molecule has 0 unspecified atom stereocenters. The lowest BCUT2D eigenvalue weighted by molar-refractivity contribution is -0.136. The van der Waals surface area contributed by atoms with Crippen molar-refractivity contribution in [1.29, 1.82) is 0 Å². The van der Waals surface area contributed by atoms with Crippen molar-refractivity contribution in [2.75, 3.05) is 0 Å². The molecule has 0 saturated carbocycles. The molecule has 4 nitrogen and oxygen atoms in total. The van der Waals surface area contributed by atoms with Crippen LogP contribution < -0.4 is 0 Å². The molecule has 1 heterocycles. The minimum absolute atomic E-state index is 0.158. The van der Waals surface area contributed by atoms with Gasteiger partial charge in [0.05, 0.1) is 11.3 Å². The summed E-state index contributed by atoms with van der Waals surface area (Å²) in [5.41, 5.74) is 1.70. The minimum atomic E-state index is -0.462. The van der Waals surface area contributed by atoms with E-state index in [2.05, 4.69) is 9.99 Å². The number of oxime groups is 1. The maximum atomic E-state index is 11.2. The van der Waals surface area contributed by atoms with Crippen molar-refractivity contribution < 1.29 is 14.7 Å². The predicted molar refractivity (Wildman–Crippen MR) is 55.3 cm³/mol. The van der Waals surface area contributed by atoms with E-state index >= 15 is 0 Å². The molecule has 1 aromatic carbocycles. The molecule has 1 N–H and O–H groups in total. The number of nitrogens with zero attached hydrogens (tertiary/aromatic N) is 1. The number of phenols is 1. The van der Waals surface area contributed by atoms with E-state index in [-0.39, 0.29) is 5.75 Å². The van der Waals surface area contributed by atoms with E-state index in [1.54, 1.807) is 37.3 Å². The van der Waals surface area contributed by atoms with Crippen LogP contribution in [-0.4, -0.2) is 16.8 Å². The molecule has 15 heavy (non-hydrogen) atoms. The van der Waals surface area contributed by atoms with Gasteiger partial charge in [-0.3, -0.25) is 0 Å². The molecular formula is C11H9NO3. The summed E-state index contributed by atoms with van der Waals surface area (Å²) in [4.78, 5) is 15.7. The number of aromatic hydroxyl groups is 1. The van der Waals surface area contributed by atoms with Crippen molar-refractivity contribution in [2.24, 2.45) is 5.16 Å². The maximum absolute atomic E-state index is 11.2. The van der Waals surface area contributed by atoms with E-state index in [1.165, 1.54) is 0 Å². The van der Waals surface area contributed by atoms with E-state index in [9.17, 15) is 9.90 Å². The molecule has 0 radical (unpaired) electrons. The topological polar surface area (TPSA) is 58.9 Å². The van der Waals surface area contributed by atoms with Gasteiger partial charge < -0.3 is 9.94 Å². The Labute approximate surface area is 86.5 Å². The van der Waals surface area contributed by atoms with Crippen LogP contribution in [-0.2, 0) is 9.63 Å². The molecule has 76 valence electrons. The largest absolute Gasteiger partial charge is 0.508 e. The monoisotopic (exact) mass is 203 g/mol. The normalized spacial score (nSPS) is 17.8. The zero-order chi connectivity index (χ0) is 10.8. The number of phenolic OH excluding ortho intramolecular Hbond substituents is 1. The number of carbonyl (C=O) groups is 1. The summed E-state index contributed by atoms with van der Waals surface area (Å²) in [5.74, 6) is -0.304. The fourth-order valence-corrected chi connectivity index (χ4v) is 1.30. The molecular weight excluding hydrogens is 194 g/mol. The lowest BCUT2D eigenvalue weighted by atomic mass is 10.1. The highest BCUT2D eigenvalue weighted by molar-refractivity contribution is 6.24. The highest BCUT2D eigenvalue weighted by Gasteiger charge is 2.21. The standard InChI is InChI=1S/C11H9NO3/c1-7-10(11(14)15-12-7)6-8-3-2-4-9(13)5-8/h2-6,13H,1H3. The van der Waals surface area contributed by atoms with E-state index in [0.717, 1.165) is 5.56 Å². The van der Waals surface area contributed by atoms with Crippen LogP contribution in [0.1, 0.15) is 12.5 Å². The summed E-state index contributed by atoms with van der Waals surface area (Å²) in [7, 11) is 0. The molecule has 0 spiro atoms. The first-order valence-electron chi connectivity index (χ1n) is 4.44. The van der Waals surface area contributed by atoms with Gasteiger partial charge in [-0.2, -0.15) is 0 Å². The van der Waals surface area contributed by atoms with Crippen LogP contribution in [0.2, 0.25) is 0 Å². The number of carbonyl (C=O) groups excluding carboxylic acids is 1. The first-order valence-corrected chi connectivity index (χ1v) is 4.44. The number of hydrogen-bond acceptors (Lipinski definition) is 4. The Balaban J connectivity index is 2.38. The maximum Gasteiger partial charge on any atom is 0.367 e. The Bertz CT molecular complexity index is 474. The van der Waals surface area contributed by atoms with Crippen LogP contribution >= 0.6 is 0 Å². The van der Waals surface area contributed by atoms with Crippen LogP contribution in [0, 0.1) is 0 Å². The number of benzene rings is 1. The predicted octanol–water partition coefficient (Wildman–Crippen LogP) is 1.71. The molecule has 2 rings (SSSR count). The van der Waals surface area contributed by atoms with Gasteiger partial charge in [-0.15, -0.1) is 0 Å². The van der Waals surface area contributed by atoms with Crippen molar-refractivity contribution in [2.45, 2.75) is 6.92 Å². The van der Waals surface area contributed by atoms with E-state index < -0.39 is 5.97 Å². The van der Waals surface area contributed by atoms with E-state index in [0.29, 0.717) is 11.3 Å². The van der Waals surface area contributed by atoms with Crippen LogP contribution in [0.15, 0.2) is 35.0 Å². The van der Waals surface area contributed by atoms with Gasteiger partial charge in [0.2, 0.25) is 0 Å². The summed E-state index contributed by atoms with van der Waals surface area (Å²) in [6.45, 7) is 1.69. The third kappa shape index (κ3) is 1.88. The second-order valence-corrected chi connectivity index (χ2v) is 3.21. The van der Waals surface area contributed by atoms with Crippen molar-refractivity contribution in [3.63, 3.8) is 0 Å². The summed E-state index contributed by atoms with van der Waals surface area (Å²) < 4.78 is 0. The molecule has 0 saturated heterocycles. The molecule has 1 aliphatic rings. The molecule has 1 aromatic rings. The number of rotatable bonds is 1. The minimum Gasteiger partial charge on any atom is -0.508 e. The fourth-order valence-electron chi connectivity index (χ4n) is 1.30. The highest BCUT2D eigenvalue weighted by Crippen LogP contribution is 2.18. The fraction of sp³-hybridized carbons (Fsp3) is 0.0909.